The van der Waals surface area contributed by atoms with Crippen LogP contribution in [-0.2, 0) is 0 Å². The van der Waals surface area contributed by atoms with E-state index in [9.17, 15) is 0 Å². The van der Waals surface area contributed by atoms with Crippen LogP contribution in [0.2, 0.25) is 16.6 Å². The Balaban J connectivity index is 0. The van der Waals surface area contributed by atoms with E-state index >= 15 is 0 Å². The van der Waals surface area contributed by atoms with Gasteiger partial charge in [-0.15, -0.1) is 0 Å². The van der Waals surface area contributed by atoms with Crippen molar-refractivity contribution in [2.24, 2.45) is 0 Å². The van der Waals surface area contributed by atoms with Gasteiger partial charge in [-0.2, -0.15) is 0 Å². The van der Waals surface area contributed by atoms with Gasteiger partial charge in [-0.05, 0) is 0 Å². The molecule has 0 bridgehead atoms. The highest BCUT2D eigenvalue weighted by Gasteiger charge is 2.22. The van der Waals surface area contributed by atoms with Crippen molar-refractivity contribution in [3.8, 4) is 0 Å². The maximum Gasteiger partial charge on any atom is 0.0445 e. The lowest BCUT2D eigenvalue weighted by Crippen LogP contribution is -2.24. The Labute approximate surface area is 73.1 Å². The van der Waals surface area contributed by atoms with E-state index < -0.39 is 8.80 Å². The normalized spacial score (nSPS) is 11.5. The molecule has 0 amide bonds. The van der Waals surface area contributed by atoms with Crippen molar-refractivity contribution in [3.63, 3.8) is 0 Å². The smallest absolute Gasteiger partial charge is 0.0445 e. The van der Waals surface area contributed by atoms with Gasteiger partial charge in [0.15, 0.2) is 0 Å². The van der Waals surface area contributed by atoms with Gasteiger partial charge < -0.3 is 5.48 Å². The number of hydrogen-bond donors (Lipinski definition) is 0. The van der Waals surface area contributed by atoms with E-state index in [1.54, 1.807) is 0 Å². The van der Waals surface area contributed by atoms with Gasteiger partial charge in [0.25, 0.3) is 0 Å². The van der Waals surface area contributed by atoms with Crippen molar-refractivity contribution in [1.82, 2.24) is 0 Å². The Kier molecular flexibility index (Phi) is 7.22. The van der Waals surface area contributed by atoms with E-state index in [4.69, 9.17) is 0 Å². The molecule has 1 nitrogen and oxygen atoms in total. The molecule has 0 radical (unpaired) electrons. The van der Waals surface area contributed by atoms with Crippen LogP contribution >= 0.6 is 0 Å². The fourth-order valence-corrected chi connectivity index (χ4v) is 6.93. The molecule has 0 aliphatic carbocycles. The predicted molar refractivity (Wildman–Crippen MR) is 56.1 cm³/mol. The molecule has 0 rings (SSSR count). The molecule has 0 fully saturated rings. The van der Waals surface area contributed by atoms with E-state index in [0.717, 1.165) is 16.6 Å². The lowest BCUT2D eigenvalue weighted by Gasteiger charge is -2.26. The summed E-state index contributed by atoms with van der Waals surface area (Å²) in [6.07, 6.45) is 0. The molecule has 0 aromatic heterocycles. The van der Waals surface area contributed by atoms with Crippen molar-refractivity contribution < 1.29 is 5.48 Å². The summed E-state index contributed by atoms with van der Waals surface area (Å²) in [5.41, 5.74) is 2.92. The Hall–Kier alpha value is 0.177. The zero-order valence-corrected chi connectivity index (χ0v) is 9.96. The molecular formula is C9H24OSi. The maximum absolute atomic E-state index is 2.39. The molecule has 2 heteroatoms. The Morgan fingerprint density at radius 3 is 0.818 bits per heavy atom. The molecule has 0 aliphatic rings. The third-order valence-electron chi connectivity index (χ3n) is 2.31. The van der Waals surface area contributed by atoms with Gasteiger partial charge >= 0.3 is 0 Å². The number of rotatable bonds is 3. The molecule has 0 unspecified atom stereocenters. The lowest BCUT2D eigenvalue weighted by molar-refractivity contribution is 0.824. The molecule has 0 saturated heterocycles. The monoisotopic (exact) mass is 176 g/mol. The van der Waals surface area contributed by atoms with Crippen LogP contribution in [0, 0.1) is 0 Å². The van der Waals surface area contributed by atoms with Gasteiger partial charge in [0, 0.05) is 8.80 Å². The molecule has 70 valence electrons. The zero-order valence-electron chi connectivity index (χ0n) is 8.81. The second kappa shape index (κ2) is 5.78. The van der Waals surface area contributed by atoms with Gasteiger partial charge in [0.2, 0.25) is 0 Å². The van der Waals surface area contributed by atoms with Crippen LogP contribution in [0.25, 0.3) is 0 Å². The summed E-state index contributed by atoms with van der Waals surface area (Å²) in [4.78, 5) is 0. The van der Waals surface area contributed by atoms with E-state index in [2.05, 4.69) is 41.5 Å². The SMILES string of the molecule is CC(C)[SiH](C(C)C)C(C)C.O. The molecule has 11 heavy (non-hydrogen) atoms. The largest absolute Gasteiger partial charge is 0.412 e. The predicted octanol–water partition coefficient (Wildman–Crippen LogP) is 2.62. The topological polar surface area (TPSA) is 31.5 Å². The van der Waals surface area contributed by atoms with Crippen molar-refractivity contribution in [2.75, 3.05) is 0 Å². The van der Waals surface area contributed by atoms with Gasteiger partial charge in [0.1, 0.15) is 0 Å². The summed E-state index contributed by atoms with van der Waals surface area (Å²) in [6.45, 7) is 14.3. The van der Waals surface area contributed by atoms with Crippen molar-refractivity contribution in [2.45, 2.75) is 58.2 Å². The first-order valence-corrected chi connectivity index (χ1v) is 6.46. The third kappa shape index (κ3) is 4.59. The zero-order chi connectivity index (χ0) is 8.31. The fraction of sp³-hybridized carbons (Fsp3) is 1.00. The van der Waals surface area contributed by atoms with Crippen LogP contribution < -0.4 is 0 Å². The summed E-state index contributed by atoms with van der Waals surface area (Å²) in [5.74, 6) is 0. The standard InChI is InChI=1S/C9H22Si.H2O/c1-7(2)10(8(3)4)9(5)6;/h7-10H,1-6H3;1H2. The van der Waals surface area contributed by atoms with Crippen LogP contribution in [0.5, 0.6) is 0 Å². The van der Waals surface area contributed by atoms with Crippen LogP contribution in [0.1, 0.15) is 41.5 Å². The lowest BCUT2D eigenvalue weighted by atomic mass is 10.5. The van der Waals surface area contributed by atoms with Gasteiger partial charge in [-0.3, -0.25) is 0 Å². The second-order valence-corrected chi connectivity index (χ2v) is 9.46. The summed E-state index contributed by atoms with van der Waals surface area (Å²) >= 11 is 0. The highest BCUT2D eigenvalue weighted by atomic mass is 28.3. The highest BCUT2D eigenvalue weighted by molar-refractivity contribution is 6.63. The Morgan fingerprint density at radius 2 is 0.818 bits per heavy atom. The fourth-order valence-electron chi connectivity index (χ4n) is 2.31. The molecule has 0 atom stereocenters. The quantitative estimate of drug-likeness (QED) is 0.592. The molecule has 0 saturated carbocycles. The van der Waals surface area contributed by atoms with Crippen molar-refractivity contribution in [1.29, 1.82) is 0 Å². The first kappa shape index (κ1) is 13.7. The third-order valence-corrected chi connectivity index (χ3v) is 6.93. The van der Waals surface area contributed by atoms with Crippen molar-refractivity contribution in [3.05, 3.63) is 0 Å². The first-order valence-electron chi connectivity index (χ1n) is 4.46. The van der Waals surface area contributed by atoms with Gasteiger partial charge in [-0.1, -0.05) is 58.2 Å². The molecule has 2 N–H and O–H groups in total. The van der Waals surface area contributed by atoms with Gasteiger partial charge in [-0.25, -0.2) is 0 Å². The highest BCUT2D eigenvalue weighted by Crippen LogP contribution is 2.28. The summed E-state index contributed by atoms with van der Waals surface area (Å²) in [7, 11) is -0.454. The minimum absolute atomic E-state index is 0. The summed E-state index contributed by atoms with van der Waals surface area (Å²) in [5, 5.41) is 0. The van der Waals surface area contributed by atoms with Crippen molar-refractivity contribution >= 4 is 8.80 Å². The first-order chi connectivity index (χ1) is 4.46. The van der Waals surface area contributed by atoms with Crippen LogP contribution in [0.4, 0.5) is 0 Å². The Bertz CT molecular complexity index is 70.5. The Morgan fingerprint density at radius 1 is 0.636 bits per heavy atom. The molecule has 0 aromatic rings. The van der Waals surface area contributed by atoms with E-state index in [1.807, 2.05) is 0 Å². The molecule has 0 aliphatic heterocycles. The minimum atomic E-state index is -0.454. The summed E-state index contributed by atoms with van der Waals surface area (Å²) < 4.78 is 0. The maximum atomic E-state index is 2.39. The molecule has 0 spiro atoms. The molecular weight excluding hydrogens is 152 g/mol. The second-order valence-electron chi connectivity index (χ2n) is 4.31. The minimum Gasteiger partial charge on any atom is -0.412 e. The van der Waals surface area contributed by atoms with E-state index in [0.29, 0.717) is 0 Å². The van der Waals surface area contributed by atoms with E-state index in [1.165, 1.54) is 0 Å². The number of hydrogen-bond acceptors (Lipinski definition) is 0. The molecule has 0 aromatic carbocycles. The van der Waals surface area contributed by atoms with Gasteiger partial charge in [0.05, 0.1) is 0 Å². The summed E-state index contributed by atoms with van der Waals surface area (Å²) in [6, 6.07) is 0. The van der Waals surface area contributed by atoms with E-state index in [-0.39, 0.29) is 5.48 Å². The average Bonchev–Trinajstić information content (AvgIpc) is 1.59. The van der Waals surface area contributed by atoms with Crippen LogP contribution in [0.15, 0.2) is 0 Å². The van der Waals surface area contributed by atoms with Crippen LogP contribution in [0.3, 0.4) is 0 Å². The molecule has 0 heterocycles. The van der Waals surface area contributed by atoms with Crippen LogP contribution in [-0.4, -0.2) is 14.3 Å². The average molecular weight is 176 g/mol.